The van der Waals surface area contributed by atoms with Gasteiger partial charge in [0.25, 0.3) is 5.91 Å². The van der Waals surface area contributed by atoms with Crippen molar-refractivity contribution in [3.05, 3.63) is 60.7 Å². The van der Waals surface area contributed by atoms with E-state index >= 15 is 0 Å². The van der Waals surface area contributed by atoms with Crippen LogP contribution in [0.1, 0.15) is 20.3 Å². The molecule has 1 fully saturated rings. The zero-order valence-corrected chi connectivity index (χ0v) is 19.7. The summed E-state index contributed by atoms with van der Waals surface area (Å²) in [6, 6.07) is 19.6. The highest BCUT2D eigenvalue weighted by molar-refractivity contribution is 7.99. The number of likely N-dealkylation sites (tertiary alicyclic amines) is 1. The molecule has 0 spiro atoms. The predicted octanol–water partition coefficient (Wildman–Crippen LogP) is 4.07. The molecule has 33 heavy (non-hydrogen) atoms. The van der Waals surface area contributed by atoms with E-state index in [1.54, 1.807) is 4.90 Å². The third-order valence-electron chi connectivity index (χ3n) is 5.58. The van der Waals surface area contributed by atoms with Crippen molar-refractivity contribution in [3.63, 3.8) is 0 Å². The fourth-order valence-corrected chi connectivity index (χ4v) is 4.96. The van der Waals surface area contributed by atoms with Crippen LogP contribution in [0.25, 0.3) is 17.1 Å². The average molecular weight is 465 g/mol. The van der Waals surface area contributed by atoms with E-state index in [0.717, 1.165) is 30.8 Å². The van der Waals surface area contributed by atoms with Gasteiger partial charge in [0.1, 0.15) is 0 Å². The van der Waals surface area contributed by atoms with Crippen molar-refractivity contribution >= 4 is 23.6 Å². The number of benzene rings is 2. The molecule has 0 N–H and O–H groups in total. The molecule has 0 radical (unpaired) electrons. The maximum absolute atomic E-state index is 12.5. The lowest BCUT2D eigenvalue weighted by Crippen LogP contribution is -2.44. The highest BCUT2D eigenvalue weighted by atomic mass is 32.2. The molecule has 7 nitrogen and oxygen atoms in total. The van der Waals surface area contributed by atoms with E-state index in [4.69, 9.17) is 4.74 Å². The minimum atomic E-state index is -0.449. The molecule has 8 heteroatoms. The monoisotopic (exact) mass is 464 g/mol. The Balaban J connectivity index is 1.40. The van der Waals surface area contributed by atoms with Crippen molar-refractivity contribution in [3.8, 4) is 17.1 Å². The Morgan fingerprint density at radius 2 is 1.61 bits per heavy atom. The maximum Gasteiger partial charge on any atom is 0.316 e. The van der Waals surface area contributed by atoms with Crippen LogP contribution in [0.2, 0.25) is 0 Å². The van der Waals surface area contributed by atoms with Gasteiger partial charge in [0, 0.05) is 24.3 Å². The summed E-state index contributed by atoms with van der Waals surface area (Å²) in [6.45, 7) is 5.51. The lowest BCUT2D eigenvalue weighted by atomic mass is 9.92. The number of thioether (sulfide) groups is 1. The molecule has 0 saturated carbocycles. The van der Waals surface area contributed by atoms with E-state index in [1.165, 1.54) is 11.8 Å². The lowest BCUT2D eigenvalue weighted by molar-refractivity contribution is -0.151. The number of hydrogen-bond donors (Lipinski definition) is 0. The van der Waals surface area contributed by atoms with Gasteiger partial charge in [-0.05, 0) is 30.4 Å². The minimum Gasteiger partial charge on any atom is -0.455 e. The molecule has 2 aromatic carbocycles. The summed E-state index contributed by atoms with van der Waals surface area (Å²) >= 11 is 1.24. The van der Waals surface area contributed by atoms with Crippen LogP contribution in [0.15, 0.2) is 65.8 Å². The Hall–Kier alpha value is -3.13. The van der Waals surface area contributed by atoms with Gasteiger partial charge in [-0.1, -0.05) is 74.1 Å². The molecule has 3 aromatic rings. The summed E-state index contributed by atoms with van der Waals surface area (Å²) in [7, 11) is 0. The molecule has 2 unspecified atom stereocenters. The summed E-state index contributed by atoms with van der Waals surface area (Å²) in [5.74, 6) is 1.08. The molecule has 4 rings (SSSR count). The zero-order chi connectivity index (χ0) is 23.2. The second kappa shape index (κ2) is 10.7. The van der Waals surface area contributed by atoms with Gasteiger partial charge in [-0.2, -0.15) is 0 Å². The standard InChI is InChI=1S/C25H28N4O3S/c1-18-13-19(2)15-28(14-18)22(30)16-32-23(31)17-33-25-27-26-24(20-9-5-3-6-10-20)29(25)21-11-7-4-8-12-21/h3-12,18-19H,13-17H2,1-2H3. The van der Waals surface area contributed by atoms with Gasteiger partial charge in [-0.15, -0.1) is 10.2 Å². The predicted molar refractivity (Wildman–Crippen MR) is 128 cm³/mol. The average Bonchev–Trinajstić information content (AvgIpc) is 3.25. The number of amides is 1. The Bertz CT molecular complexity index is 1080. The number of esters is 1. The molecule has 2 heterocycles. The van der Waals surface area contributed by atoms with E-state index in [0.29, 0.717) is 22.8 Å². The molecular weight excluding hydrogens is 436 g/mol. The summed E-state index contributed by atoms with van der Waals surface area (Å²) < 4.78 is 7.20. The third-order valence-corrected chi connectivity index (χ3v) is 6.48. The largest absolute Gasteiger partial charge is 0.455 e. The van der Waals surface area contributed by atoms with Crippen LogP contribution < -0.4 is 0 Å². The number of rotatable bonds is 7. The lowest BCUT2D eigenvalue weighted by Gasteiger charge is -2.34. The number of ether oxygens (including phenoxy) is 1. The first-order valence-corrected chi connectivity index (χ1v) is 12.1. The summed E-state index contributed by atoms with van der Waals surface area (Å²) in [6.07, 6.45) is 1.12. The molecule has 1 aliphatic heterocycles. The van der Waals surface area contributed by atoms with E-state index in [1.807, 2.05) is 65.2 Å². The minimum absolute atomic E-state index is 0.0415. The summed E-state index contributed by atoms with van der Waals surface area (Å²) in [5.41, 5.74) is 1.83. The number of piperidine rings is 1. The third kappa shape index (κ3) is 5.82. The van der Waals surface area contributed by atoms with Gasteiger partial charge in [0.2, 0.25) is 0 Å². The maximum atomic E-state index is 12.5. The number of carbonyl (C=O) groups is 2. The fraction of sp³-hybridized carbons (Fsp3) is 0.360. The van der Waals surface area contributed by atoms with Crippen LogP contribution in [0.3, 0.4) is 0 Å². The van der Waals surface area contributed by atoms with Crippen LogP contribution in [-0.2, 0) is 14.3 Å². The van der Waals surface area contributed by atoms with Crippen LogP contribution >= 0.6 is 11.8 Å². The number of para-hydroxylation sites is 1. The van der Waals surface area contributed by atoms with E-state index < -0.39 is 5.97 Å². The van der Waals surface area contributed by atoms with Crippen molar-refractivity contribution in [1.82, 2.24) is 19.7 Å². The number of hydrogen-bond acceptors (Lipinski definition) is 6. The Kier molecular flexibility index (Phi) is 7.44. The fourth-order valence-electron chi connectivity index (χ4n) is 4.21. The Morgan fingerprint density at radius 3 is 2.27 bits per heavy atom. The number of carbonyl (C=O) groups excluding carboxylic acids is 2. The first-order chi connectivity index (χ1) is 16.0. The van der Waals surface area contributed by atoms with Gasteiger partial charge >= 0.3 is 5.97 Å². The summed E-state index contributed by atoms with van der Waals surface area (Å²) in [5, 5.41) is 9.27. The highest BCUT2D eigenvalue weighted by Crippen LogP contribution is 2.28. The topological polar surface area (TPSA) is 77.3 Å². The van der Waals surface area contributed by atoms with Crippen molar-refractivity contribution in [2.75, 3.05) is 25.4 Å². The Labute approximate surface area is 198 Å². The molecule has 0 bridgehead atoms. The Morgan fingerprint density at radius 1 is 0.970 bits per heavy atom. The molecule has 1 aliphatic rings. The normalized spacial score (nSPS) is 18.2. The van der Waals surface area contributed by atoms with Crippen LogP contribution in [-0.4, -0.2) is 57.0 Å². The van der Waals surface area contributed by atoms with E-state index in [9.17, 15) is 9.59 Å². The van der Waals surface area contributed by atoms with Crippen molar-refractivity contribution in [2.24, 2.45) is 11.8 Å². The van der Waals surface area contributed by atoms with Gasteiger partial charge < -0.3 is 9.64 Å². The molecule has 1 aromatic heterocycles. The molecule has 0 aliphatic carbocycles. The van der Waals surface area contributed by atoms with Crippen LogP contribution in [0.4, 0.5) is 0 Å². The van der Waals surface area contributed by atoms with Crippen molar-refractivity contribution in [2.45, 2.75) is 25.4 Å². The van der Waals surface area contributed by atoms with Gasteiger partial charge in [-0.25, -0.2) is 0 Å². The number of aromatic nitrogens is 3. The molecular formula is C25H28N4O3S. The smallest absolute Gasteiger partial charge is 0.316 e. The van der Waals surface area contributed by atoms with E-state index in [2.05, 4.69) is 24.0 Å². The summed E-state index contributed by atoms with van der Waals surface area (Å²) in [4.78, 5) is 26.7. The van der Waals surface area contributed by atoms with Gasteiger partial charge in [-0.3, -0.25) is 14.2 Å². The van der Waals surface area contributed by atoms with Crippen molar-refractivity contribution in [1.29, 1.82) is 0 Å². The molecule has 2 atom stereocenters. The zero-order valence-electron chi connectivity index (χ0n) is 18.9. The van der Waals surface area contributed by atoms with Crippen LogP contribution in [0, 0.1) is 11.8 Å². The molecule has 1 saturated heterocycles. The highest BCUT2D eigenvalue weighted by Gasteiger charge is 2.26. The molecule has 1 amide bonds. The quantitative estimate of drug-likeness (QED) is 0.387. The van der Waals surface area contributed by atoms with Gasteiger partial charge in [0.15, 0.2) is 17.6 Å². The van der Waals surface area contributed by atoms with Crippen molar-refractivity contribution < 1.29 is 14.3 Å². The van der Waals surface area contributed by atoms with E-state index in [-0.39, 0.29) is 18.3 Å². The SMILES string of the molecule is CC1CC(C)CN(C(=O)COC(=O)CSc2nnc(-c3ccccc3)n2-c2ccccc2)C1. The number of nitrogens with zero attached hydrogens (tertiary/aromatic N) is 4. The second-order valence-corrected chi connectivity index (χ2v) is 9.48. The van der Waals surface area contributed by atoms with Gasteiger partial charge in [0.05, 0.1) is 5.75 Å². The first kappa shape index (κ1) is 23.0. The molecule has 172 valence electrons. The second-order valence-electron chi connectivity index (χ2n) is 8.54. The first-order valence-electron chi connectivity index (χ1n) is 11.1. The van der Waals surface area contributed by atoms with Crippen LogP contribution in [0.5, 0.6) is 0 Å².